The number of hydrogen-bond acceptors (Lipinski definition) is 10. The van der Waals surface area contributed by atoms with Crippen molar-refractivity contribution in [3.8, 4) is 0 Å². The van der Waals surface area contributed by atoms with Gasteiger partial charge in [-0.25, -0.2) is 4.79 Å². The monoisotopic (exact) mass is 474 g/mol. The molecule has 0 spiro atoms. The number of hydrogen-bond donors (Lipinski definition) is 4. The molecule has 15 heteroatoms. The van der Waals surface area contributed by atoms with E-state index in [1.807, 2.05) is 13.8 Å². The summed E-state index contributed by atoms with van der Waals surface area (Å²) in [5.41, 5.74) is 3.25. The first kappa shape index (κ1) is 30.0. The van der Waals surface area contributed by atoms with Gasteiger partial charge in [-0.15, -0.1) is 0 Å². The van der Waals surface area contributed by atoms with Gasteiger partial charge in [0.25, 0.3) is 6.23 Å². The van der Waals surface area contributed by atoms with Crippen molar-refractivity contribution in [3.63, 3.8) is 0 Å². The minimum Gasteiger partial charge on any atom is -0.790 e. The van der Waals surface area contributed by atoms with Crippen molar-refractivity contribution in [3.05, 3.63) is 30.1 Å². The Morgan fingerprint density at radius 1 is 1.32 bits per heavy atom. The zero-order chi connectivity index (χ0) is 23.2. The number of pyridine rings is 1. The number of rotatable bonds is 7. The molecule has 31 heavy (non-hydrogen) atoms. The van der Waals surface area contributed by atoms with Crippen molar-refractivity contribution in [1.29, 1.82) is 0 Å². The van der Waals surface area contributed by atoms with E-state index in [0.29, 0.717) is 0 Å². The molecule has 170 valence electrons. The summed E-state index contributed by atoms with van der Waals surface area (Å²) in [5.74, 6) is -2.13. The first-order chi connectivity index (χ1) is 13.7. The number of carbonyl (C=O) groups is 2. The van der Waals surface area contributed by atoms with Gasteiger partial charge in [-0.1, -0.05) is 13.8 Å². The van der Waals surface area contributed by atoms with Gasteiger partial charge in [0.05, 0.1) is 26.0 Å². The molecule has 1 fully saturated rings. The van der Waals surface area contributed by atoms with Crippen LogP contribution in [0.1, 0.15) is 30.4 Å². The van der Waals surface area contributed by atoms with Gasteiger partial charge in [-0.3, -0.25) is 0 Å². The maximum absolute atomic E-state index is 10.8. The number of ether oxygens (including phenoxy) is 1. The number of aromatic nitrogens is 1. The number of aromatic carboxylic acids is 1. The number of aliphatic carboxylic acids is 1. The smallest absolute Gasteiger partial charge is 0.790 e. The van der Waals surface area contributed by atoms with Crippen LogP contribution in [0, 0.1) is 5.92 Å². The Morgan fingerprint density at radius 2 is 1.90 bits per heavy atom. The topological polar surface area (TPSA) is 231 Å². The Kier molecular flexibility index (Phi) is 12.5. The van der Waals surface area contributed by atoms with E-state index >= 15 is 0 Å². The Balaban J connectivity index is 0.000000858. The summed E-state index contributed by atoms with van der Waals surface area (Å²) in [7, 11) is -5.24. The third kappa shape index (κ3) is 9.60. The Hall–Kier alpha value is -0.960. The predicted molar refractivity (Wildman–Crippen MR) is 89.6 cm³/mol. The summed E-state index contributed by atoms with van der Waals surface area (Å²) in [6, 6.07) is 2.16. The average Bonchev–Trinajstić information content (AvgIpc) is 2.94. The second kappa shape index (κ2) is 12.9. The van der Waals surface area contributed by atoms with Crippen molar-refractivity contribution < 1.29 is 93.5 Å². The molecule has 0 saturated carbocycles. The normalized spacial score (nSPS) is 24.0. The number of carbonyl (C=O) groups excluding carboxylic acids is 1. The molecule has 13 nitrogen and oxygen atoms in total. The zero-order valence-corrected chi connectivity index (χ0v) is 20.1. The van der Waals surface area contributed by atoms with Crippen molar-refractivity contribution >= 4 is 19.8 Å². The second-order valence-electron chi connectivity index (χ2n) is 6.81. The van der Waals surface area contributed by atoms with Gasteiger partial charge < -0.3 is 54.6 Å². The molecule has 0 aromatic carbocycles. The van der Waals surface area contributed by atoms with E-state index in [9.17, 15) is 39.3 Å². The molecule has 1 aliphatic rings. The molecular weight excluding hydrogens is 450 g/mol. The van der Waals surface area contributed by atoms with Gasteiger partial charge in [0, 0.05) is 12.0 Å². The molecule has 0 aliphatic carbocycles. The van der Waals surface area contributed by atoms with Crippen LogP contribution in [0.2, 0.25) is 0 Å². The molecule has 2 heterocycles. The molecular formula is C16H24N2NaO11P. The van der Waals surface area contributed by atoms with Crippen LogP contribution in [0.5, 0.6) is 0 Å². The van der Waals surface area contributed by atoms with Crippen LogP contribution in [0.25, 0.3) is 0 Å². The van der Waals surface area contributed by atoms with Gasteiger partial charge in [0.15, 0.2) is 24.5 Å². The third-order valence-corrected chi connectivity index (χ3v) is 4.67. The number of phosphoric acid groups is 1. The van der Waals surface area contributed by atoms with Gasteiger partial charge in [-0.2, -0.15) is 4.57 Å². The Labute approximate surface area is 199 Å². The molecule has 1 aromatic rings. The number of carboxylic acid groups (broad SMARTS) is 2. The average molecular weight is 474 g/mol. The van der Waals surface area contributed by atoms with Gasteiger partial charge in [0.2, 0.25) is 0 Å². The first-order valence-electron chi connectivity index (χ1n) is 8.70. The molecule has 1 aromatic heterocycles. The molecule has 0 radical (unpaired) electrons. The summed E-state index contributed by atoms with van der Waals surface area (Å²) in [5, 5.41) is 38.8. The van der Waals surface area contributed by atoms with E-state index in [0.717, 1.165) is 6.20 Å². The number of nitrogens with zero attached hydrogens (tertiary/aromatic N) is 1. The first-order valence-corrected chi connectivity index (χ1v) is 10.2. The zero-order valence-electron chi connectivity index (χ0n) is 17.2. The van der Waals surface area contributed by atoms with E-state index < -0.39 is 56.9 Å². The van der Waals surface area contributed by atoms with Crippen molar-refractivity contribution in [2.75, 3.05) is 6.61 Å². The number of aliphatic hydroxyl groups is 2. The van der Waals surface area contributed by atoms with Crippen molar-refractivity contribution in [1.82, 2.24) is 0 Å². The fraction of sp³-hybridized carbons (Fsp3) is 0.562. The van der Waals surface area contributed by atoms with Crippen LogP contribution < -0.4 is 54.8 Å². The number of aliphatic hydroxyl groups excluding tert-OH is 2. The largest absolute Gasteiger partial charge is 1.00 e. The van der Waals surface area contributed by atoms with Crippen molar-refractivity contribution in [2.24, 2.45) is 5.92 Å². The Bertz CT molecular complexity index is 791. The SMILES string of the molecule is CC(C)[C@H]([NH3+])C(=O)O.O=C([O-])c1ccc[n+]([C@@H]2O[C@H](COP(=O)([O-])[O-])[C@@H](O)[C@H]2O)c1.[Na+]. The summed E-state index contributed by atoms with van der Waals surface area (Å²) in [6.07, 6.45) is -2.95. The van der Waals surface area contributed by atoms with Crippen LogP contribution in [0.15, 0.2) is 24.5 Å². The minimum atomic E-state index is -5.24. The predicted octanol–water partition coefficient (Wildman–Crippen LogP) is -7.86. The maximum Gasteiger partial charge on any atom is 1.00 e. The number of carboxylic acids is 2. The molecule has 0 amide bonds. The number of quaternary nitrogens is 1. The fourth-order valence-electron chi connectivity index (χ4n) is 2.33. The molecule has 5 atom stereocenters. The van der Waals surface area contributed by atoms with Crippen LogP contribution in [-0.4, -0.2) is 58.2 Å². The molecule has 6 N–H and O–H groups in total. The van der Waals surface area contributed by atoms with E-state index in [-0.39, 0.29) is 41.0 Å². The quantitative estimate of drug-likeness (QED) is 0.165. The summed E-state index contributed by atoms with van der Waals surface area (Å²) in [4.78, 5) is 41.7. The minimum absolute atomic E-state index is 0. The van der Waals surface area contributed by atoms with Gasteiger partial charge >= 0.3 is 35.5 Å². The molecule has 1 saturated heterocycles. The number of phosphoric ester groups is 1. The van der Waals surface area contributed by atoms with Crippen molar-refractivity contribution in [2.45, 2.75) is 44.4 Å². The summed E-state index contributed by atoms with van der Waals surface area (Å²) in [6.45, 7) is 2.91. The standard InChI is InChI=1S/C11H14NO9P.C5H11NO2.Na/c13-8-7(5-20-22(17,18)19)21-10(9(8)14)12-3-1-2-6(4-12)11(15)16;1-3(2)4(6)5(7)8;/h1-4,7-10,13-14H,5H2,(H2-,15,16,17,18,19);3-4H,6H2,1-2H3,(H,7,8);/q;;+1/p-1/t7-,8-,9-,10-;4-;/m10./s1. The van der Waals surface area contributed by atoms with Gasteiger partial charge in [-0.05, 0) is 6.07 Å². The van der Waals surface area contributed by atoms with Crippen LogP contribution in [-0.2, 0) is 18.6 Å². The molecule has 1 aliphatic heterocycles. The van der Waals surface area contributed by atoms with E-state index in [4.69, 9.17) is 9.84 Å². The van der Waals surface area contributed by atoms with Crippen LogP contribution in [0.3, 0.4) is 0 Å². The molecule has 0 bridgehead atoms. The third-order valence-electron chi connectivity index (χ3n) is 4.21. The second-order valence-corrected chi connectivity index (χ2v) is 7.96. The molecule has 0 unspecified atom stereocenters. The summed E-state index contributed by atoms with van der Waals surface area (Å²) < 4.78 is 20.8. The van der Waals surface area contributed by atoms with E-state index in [2.05, 4.69) is 10.3 Å². The Morgan fingerprint density at radius 3 is 2.32 bits per heavy atom. The summed E-state index contributed by atoms with van der Waals surface area (Å²) >= 11 is 0. The van der Waals surface area contributed by atoms with Crippen LogP contribution >= 0.6 is 7.82 Å². The van der Waals surface area contributed by atoms with Gasteiger partial charge in [0.1, 0.15) is 12.2 Å². The van der Waals surface area contributed by atoms with E-state index in [1.54, 1.807) is 0 Å². The van der Waals surface area contributed by atoms with E-state index in [1.165, 1.54) is 22.9 Å². The van der Waals surface area contributed by atoms with Crippen LogP contribution in [0.4, 0.5) is 0 Å². The maximum atomic E-state index is 10.8. The molecule has 2 rings (SSSR count). The fourth-order valence-corrected chi connectivity index (χ4v) is 2.66.